The first-order valence-corrected chi connectivity index (χ1v) is 4.06. The van der Waals surface area contributed by atoms with Crippen LogP contribution in [0, 0.1) is 12.3 Å². The number of nitrogens with zero attached hydrogens (tertiary/aromatic N) is 1. The Morgan fingerprint density at radius 2 is 2.50 bits per heavy atom. The highest BCUT2D eigenvalue weighted by atomic mass is 15.0. The molecule has 1 N–H and O–H groups in total. The summed E-state index contributed by atoms with van der Waals surface area (Å²) >= 11 is 0. The first kappa shape index (κ1) is 7.33. The number of rotatable bonds is 1. The lowest BCUT2D eigenvalue weighted by Gasteiger charge is -2.28. The Balaban J connectivity index is 2.35. The Hall–Kier alpha value is -1.33. The summed E-state index contributed by atoms with van der Waals surface area (Å²) in [4.78, 5) is 4.12. The molecule has 2 nitrogen and oxygen atoms in total. The van der Waals surface area contributed by atoms with Crippen LogP contribution in [0.4, 0.5) is 0 Å². The molecule has 1 aliphatic rings. The summed E-state index contributed by atoms with van der Waals surface area (Å²) in [5.41, 5.74) is 1.93. The standard InChI is InChI=1S/C10H10N2/c1-2-9-8(4-3-6-11-9)10-5-7-12-10/h1,3-4,6,10,12H,5,7H2/t10-/m0/s1. The lowest BCUT2D eigenvalue weighted by atomic mass is 9.97. The molecule has 0 bridgehead atoms. The van der Waals surface area contributed by atoms with Gasteiger partial charge in [-0.15, -0.1) is 6.42 Å². The molecule has 60 valence electrons. The van der Waals surface area contributed by atoms with Crippen LogP contribution in [0.1, 0.15) is 23.7 Å². The molecule has 1 aliphatic heterocycles. The topological polar surface area (TPSA) is 24.9 Å². The summed E-state index contributed by atoms with van der Waals surface area (Å²) in [6.07, 6.45) is 8.23. The van der Waals surface area contributed by atoms with Crippen molar-refractivity contribution in [3.8, 4) is 12.3 Å². The van der Waals surface area contributed by atoms with Gasteiger partial charge in [0.05, 0.1) is 0 Å². The van der Waals surface area contributed by atoms with Gasteiger partial charge in [0.2, 0.25) is 0 Å². The molecule has 0 spiro atoms. The molecule has 0 aromatic carbocycles. The van der Waals surface area contributed by atoms with Crippen LogP contribution in [-0.4, -0.2) is 11.5 Å². The predicted molar refractivity (Wildman–Crippen MR) is 47.5 cm³/mol. The van der Waals surface area contributed by atoms with E-state index in [0.717, 1.165) is 17.8 Å². The molecule has 12 heavy (non-hydrogen) atoms. The van der Waals surface area contributed by atoms with E-state index in [1.54, 1.807) is 6.20 Å². The maximum atomic E-state index is 5.33. The van der Waals surface area contributed by atoms with E-state index in [2.05, 4.69) is 16.2 Å². The summed E-state index contributed by atoms with van der Waals surface area (Å²) in [5.74, 6) is 2.59. The Labute approximate surface area is 72.0 Å². The number of hydrogen-bond acceptors (Lipinski definition) is 2. The smallest absolute Gasteiger partial charge is 0.117 e. The van der Waals surface area contributed by atoms with Gasteiger partial charge in [-0.3, -0.25) is 0 Å². The zero-order valence-electron chi connectivity index (χ0n) is 6.75. The van der Waals surface area contributed by atoms with Gasteiger partial charge in [-0.25, -0.2) is 4.98 Å². The fraction of sp³-hybridized carbons (Fsp3) is 0.300. The predicted octanol–water partition coefficient (Wildman–Crippen LogP) is 1.10. The molecule has 0 amide bonds. The van der Waals surface area contributed by atoms with Gasteiger partial charge in [0, 0.05) is 17.8 Å². The van der Waals surface area contributed by atoms with Crippen LogP contribution in [-0.2, 0) is 0 Å². The fourth-order valence-corrected chi connectivity index (χ4v) is 1.37. The van der Waals surface area contributed by atoms with Gasteiger partial charge < -0.3 is 5.32 Å². The molecular weight excluding hydrogens is 148 g/mol. The largest absolute Gasteiger partial charge is 0.310 e. The van der Waals surface area contributed by atoms with E-state index in [1.165, 1.54) is 6.42 Å². The normalized spacial score (nSPS) is 21.1. The number of nitrogens with one attached hydrogen (secondary N) is 1. The number of aromatic nitrogens is 1. The molecule has 0 unspecified atom stereocenters. The molecular formula is C10H10N2. The lowest BCUT2D eigenvalue weighted by Crippen LogP contribution is -2.35. The van der Waals surface area contributed by atoms with Gasteiger partial charge in [0.1, 0.15) is 5.69 Å². The average molecular weight is 158 g/mol. The molecule has 1 saturated heterocycles. The fourth-order valence-electron chi connectivity index (χ4n) is 1.37. The second kappa shape index (κ2) is 2.96. The Kier molecular flexibility index (Phi) is 1.81. The van der Waals surface area contributed by atoms with Gasteiger partial charge in [0.25, 0.3) is 0 Å². The van der Waals surface area contributed by atoms with Crippen LogP contribution >= 0.6 is 0 Å². The molecule has 0 aliphatic carbocycles. The molecule has 2 heterocycles. The molecule has 2 rings (SSSR count). The number of terminal acetylenes is 1. The highest BCUT2D eigenvalue weighted by molar-refractivity contribution is 5.36. The van der Waals surface area contributed by atoms with E-state index in [0.29, 0.717) is 6.04 Å². The zero-order chi connectivity index (χ0) is 8.39. The van der Waals surface area contributed by atoms with Gasteiger partial charge in [-0.05, 0) is 25.0 Å². The quantitative estimate of drug-likeness (QED) is 0.619. The third kappa shape index (κ3) is 1.09. The zero-order valence-corrected chi connectivity index (χ0v) is 6.75. The van der Waals surface area contributed by atoms with E-state index < -0.39 is 0 Å². The molecule has 0 radical (unpaired) electrons. The Morgan fingerprint density at radius 1 is 1.67 bits per heavy atom. The number of hydrogen-bond donors (Lipinski definition) is 1. The van der Waals surface area contributed by atoms with Crippen LogP contribution in [0.5, 0.6) is 0 Å². The van der Waals surface area contributed by atoms with E-state index in [-0.39, 0.29) is 0 Å². The Morgan fingerprint density at radius 3 is 3.08 bits per heavy atom. The van der Waals surface area contributed by atoms with Crippen molar-refractivity contribution in [3.05, 3.63) is 29.6 Å². The maximum absolute atomic E-state index is 5.33. The van der Waals surface area contributed by atoms with Gasteiger partial charge in [0.15, 0.2) is 0 Å². The minimum atomic E-state index is 0.435. The molecule has 2 heteroatoms. The van der Waals surface area contributed by atoms with Crippen molar-refractivity contribution >= 4 is 0 Å². The summed E-state index contributed by atoms with van der Waals surface area (Å²) < 4.78 is 0. The Bertz CT molecular complexity index is 321. The van der Waals surface area contributed by atoms with E-state index in [4.69, 9.17) is 6.42 Å². The second-order valence-corrected chi connectivity index (χ2v) is 2.88. The molecule has 0 saturated carbocycles. The van der Waals surface area contributed by atoms with Crippen LogP contribution in [0.15, 0.2) is 18.3 Å². The first-order chi connectivity index (χ1) is 5.92. The second-order valence-electron chi connectivity index (χ2n) is 2.88. The van der Waals surface area contributed by atoms with Crippen LogP contribution < -0.4 is 5.32 Å². The van der Waals surface area contributed by atoms with E-state index in [1.807, 2.05) is 12.1 Å². The van der Waals surface area contributed by atoms with Crippen LogP contribution in [0.25, 0.3) is 0 Å². The highest BCUT2D eigenvalue weighted by Crippen LogP contribution is 2.23. The van der Waals surface area contributed by atoms with Gasteiger partial charge in [-0.1, -0.05) is 6.07 Å². The third-order valence-corrected chi connectivity index (χ3v) is 2.17. The van der Waals surface area contributed by atoms with Crippen molar-refractivity contribution < 1.29 is 0 Å². The SMILES string of the molecule is C#Cc1ncccc1[C@@H]1CCN1. The molecule has 1 aromatic heterocycles. The summed E-state index contributed by atoms with van der Waals surface area (Å²) in [6, 6.07) is 4.40. The van der Waals surface area contributed by atoms with E-state index in [9.17, 15) is 0 Å². The van der Waals surface area contributed by atoms with Crippen molar-refractivity contribution in [1.82, 2.24) is 10.3 Å². The molecule has 1 fully saturated rings. The lowest BCUT2D eigenvalue weighted by molar-refractivity contribution is 0.382. The maximum Gasteiger partial charge on any atom is 0.117 e. The summed E-state index contributed by atoms with van der Waals surface area (Å²) in [5, 5.41) is 3.30. The molecule has 1 aromatic rings. The minimum Gasteiger partial charge on any atom is -0.310 e. The van der Waals surface area contributed by atoms with Gasteiger partial charge >= 0.3 is 0 Å². The average Bonchev–Trinajstić information content (AvgIpc) is 2.02. The first-order valence-electron chi connectivity index (χ1n) is 4.06. The number of pyridine rings is 1. The summed E-state index contributed by atoms with van der Waals surface area (Å²) in [6.45, 7) is 1.09. The summed E-state index contributed by atoms with van der Waals surface area (Å²) in [7, 11) is 0. The van der Waals surface area contributed by atoms with Crippen molar-refractivity contribution in [2.24, 2.45) is 0 Å². The molecule has 1 atom stereocenters. The minimum absolute atomic E-state index is 0.435. The van der Waals surface area contributed by atoms with Crippen LogP contribution in [0.3, 0.4) is 0 Å². The monoisotopic (exact) mass is 158 g/mol. The van der Waals surface area contributed by atoms with Crippen molar-refractivity contribution in [3.63, 3.8) is 0 Å². The highest BCUT2D eigenvalue weighted by Gasteiger charge is 2.20. The van der Waals surface area contributed by atoms with Crippen molar-refractivity contribution in [2.75, 3.05) is 6.54 Å². The van der Waals surface area contributed by atoms with Crippen molar-refractivity contribution in [2.45, 2.75) is 12.5 Å². The van der Waals surface area contributed by atoms with Crippen LogP contribution in [0.2, 0.25) is 0 Å². The van der Waals surface area contributed by atoms with E-state index >= 15 is 0 Å². The van der Waals surface area contributed by atoms with Crippen molar-refractivity contribution in [1.29, 1.82) is 0 Å². The third-order valence-electron chi connectivity index (χ3n) is 2.17. The van der Waals surface area contributed by atoms with Gasteiger partial charge in [-0.2, -0.15) is 0 Å².